The molecule has 0 unspecified atom stereocenters. The van der Waals surface area contributed by atoms with E-state index in [4.69, 9.17) is 11.6 Å². The number of aliphatic hydroxyl groups is 1. The quantitative estimate of drug-likeness (QED) is 0.283. The van der Waals surface area contributed by atoms with Crippen LogP contribution in [0.4, 0.5) is 0 Å². The number of aliphatic hydroxyl groups excluding tert-OH is 1. The van der Waals surface area contributed by atoms with E-state index in [0.717, 1.165) is 34.7 Å². The van der Waals surface area contributed by atoms with Gasteiger partial charge in [-0.05, 0) is 95.1 Å². The van der Waals surface area contributed by atoms with Crippen LogP contribution in [0.2, 0.25) is 0 Å². The van der Waals surface area contributed by atoms with Gasteiger partial charge in [-0.1, -0.05) is 48.0 Å². The summed E-state index contributed by atoms with van der Waals surface area (Å²) in [6.07, 6.45) is 10.2. The molecule has 0 heterocycles. The van der Waals surface area contributed by atoms with Gasteiger partial charge in [-0.15, -0.1) is 0 Å². The second-order valence-corrected chi connectivity index (χ2v) is 10.5. The molecule has 38 heavy (non-hydrogen) atoms. The molecule has 0 bridgehead atoms. The molecule has 0 amide bonds. The molecule has 0 spiro atoms. The van der Waals surface area contributed by atoms with Gasteiger partial charge in [0.05, 0.1) is 11.1 Å². The molecule has 1 N–H and O–H groups in total. The lowest BCUT2D eigenvalue weighted by Crippen LogP contribution is -2.01. The molecular formula is C33H21ClO4. The van der Waals surface area contributed by atoms with Gasteiger partial charge in [0.15, 0.2) is 17.3 Å². The minimum absolute atomic E-state index is 0.0610. The van der Waals surface area contributed by atoms with E-state index in [1.165, 1.54) is 0 Å². The Hall–Kier alpha value is -4.28. The average molecular weight is 517 g/mol. The van der Waals surface area contributed by atoms with E-state index in [0.29, 0.717) is 51.3 Å². The number of hydrogen-bond acceptors (Lipinski definition) is 4. The first-order chi connectivity index (χ1) is 18.4. The second kappa shape index (κ2) is 8.37. The Labute approximate surface area is 223 Å². The van der Waals surface area contributed by atoms with Gasteiger partial charge in [-0.25, -0.2) is 0 Å². The fourth-order valence-corrected chi connectivity index (χ4v) is 6.15. The van der Waals surface area contributed by atoms with Crippen molar-refractivity contribution in [2.45, 2.75) is 25.7 Å². The fourth-order valence-electron chi connectivity index (χ4n) is 5.85. The Balaban J connectivity index is 1.23. The maximum absolute atomic E-state index is 13.2. The smallest absolute Gasteiger partial charge is 0.197 e. The Morgan fingerprint density at radius 2 is 1.45 bits per heavy atom. The molecule has 0 fully saturated rings. The third kappa shape index (κ3) is 3.34. The van der Waals surface area contributed by atoms with E-state index in [2.05, 4.69) is 6.08 Å². The molecule has 184 valence electrons. The normalized spacial score (nSPS) is 20.4. The molecule has 0 saturated carbocycles. The molecule has 5 heteroatoms. The lowest BCUT2D eigenvalue weighted by molar-refractivity contribution is 0.0986. The van der Waals surface area contributed by atoms with Crippen LogP contribution in [0, 0.1) is 0 Å². The van der Waals surface area contributed by atoms with Crippen molar-refractivity contribution in [1.82, 2.24) is 0 Å². The molecule has 4 aliphatic rings. The zero-order chi connectivity index (χ0) is 26.1. The van der Waals surface area contributed by atoms with E-state index >= 15 is 0 Å². The molecule has 0 saturated heterocycles. The number of carbonyl (C=O) groups is 3. The van der Waals surface area contributed by atoms with Crippen LogP contribution in [0.15, 0.2) is 94.1 Å². The molecule has 0 aromatic heterocycles. The van der Waals surface area contributed by atoms with Gasteiger partial charge in [0.25, 0.3) is 0 Å². The van der Waals surface area contributed by atoms with E-state index in [1.54, 1.807) is 18.2 Å². The molecule has 7 rings (SSSR count). The van der Waals surface area contributed by atoms with E-state index < -0.39 is 0 Å². The number of ketones is 3. The molecule has 3 aromatic rings. The Bertz CT molecular complexity index is 1830. The summed E-state index contributed by atoms with van der Waals surface area (Å²) in [7, 11) is 0. The lowest BCUT2D eigenvalue weighted by Gasteiger charge is -2.11. The Morgan fingerprint density at radius 1 is 0.763 bits per heavy atom. The van der Waals surface area contributed by atoms with E-state index in [-0.39, 0.29) is 34.3 Å². The molecule has 0 radical (unpaired) electrons. The zero-order valence-electron chi connectivity index (χ0n) is 20.3. The van der Waals surface area contributed by atoms with Crippen LogP contribution in [0.25, 0.3) is 22.6 Å². The highest BCUT2D eigenvalue weighted by molar-refractivity contribution is 6.40. The number of hydrogen-bond donors (Lipinski definition) is 1. The summed E-state index contributed by atoms with van der Waals surface area (Å²) in [4.78, 5) is 39.6. The standard InChI is InChI=1S/C33H21ClO4/c34-29-21(15-27-30(35)23-11-17-5-1-2-6-18(17)12-24(23)31(27)36)9-10-22(29)16-28-32(37)25-13-19-7-3-4-8-20(19)14-26(25)33(28)38/h1-3,5-7,11-16,35H,4,8-10H2/b21-15+,28-16+. The van der Waals surface area contributed by atoms with Gasteiger partial charge in [-0.3, -0.25) is 14.4 Å². The van der Waals surface area contributed by atoms with E-state index in [1.807, 2.05) is 48.5 Å². The molecule has 3 aromatic carbocycles. The molecule has 4 nitrogen and oxygen atoms in total. The van der Waals surface area contributed by atoms with Crippen molar-refractivity contribution in [2.75, 3.05) is 0 Å². The summed E-state index contributed by atoms with van der Waals surface area (Å²) < 4.78 is 0. The number of halogens is 1. The third-order valence-corrected chi connectivity index (χ3v) is 8.37. The van der Waals surface area contributed by atoms with E-state index in [9.17, 15) is 19.5 Å². The van der Waals surface area contributed by atoms with Gasteiger partial charge in [-0.2, -0.15) is 0 Å². The number of benzene rings is 3. The molecule has 4 aliphatic carbocycles. The second-order valence-electron chi connectivity index (χ2n) is 10.1. The van der Waals surface area contributed by atoms with Crippen LogP contribution in [0.5, 0.6) is 0 Å². The Morgan fingerprint density at radius 3 is 2.21 bits per heavy atom. The number of allylic oxidation sites excluding steroid dienone is 8. The van der Waals surface area contributed by atoms with Crippen molar-refractivity contribution in [3.63, 3.8) is 0 Å². The summed E-state index contributed by atoms with van der Waals surface area (Å²) in [5, 5.41) is 13.2. The van der Waals surface area contributed by atoms with Crippen LogP contribution in [0.3, 0.4) is 0 Å². The Kier molecular flexibility index (Phi) is 5.04. The van der Waals surface area contributed by atoms with Crippen LogP contribution >= 0.6 is 11.6 Å². The molecule has 0 atom stereocenters. The molecule has 0 aliphatic heterocycles. The van der Waals surface area contributed by atoms with Crippen LogP contribution in [-0.2, 0) is 6.42 Å². The number of carbonyl (C=O) groups excluding carboxylic acids is 3. The highest BCUT2D eigenvalue weighted by Crippen LogP contribution is 2.41. The van der Waals surface area contributed by atoms with Crippen molar-refractivity contribution in [3.05, 3.63) is 127 Å². The van der Waals surface area contributed by atoms with Gasteiger partial charge < -0.3 is 5.11 Å². The summed E-state index contributed by atoms with van der Waals surface area (Å²) in [6.45, 7) is 0. The summed E-state index contributed by atoms with van der Waals surface area (Å²) in [6, 6.07) is 15.0. The first-order valence-electron chi connectivity index (χ1n) is 12.7. The molecular weight excluding hydrogens is 496 g/mol. The maximum atomic E-state index is 13.2. The lowest BCUT2D eigenvalue weighted by atomic mass is 9.93. The van der Waals surface area contributed by atoms with Crippen molar-refractivity contribution < 1.29 is 19.5 Å². The average Bonchev–Trinajstić information content (AvgIpc) is 3.48. The van der Waals surface area contributed by atoms with Gasteiger partial charge in [0.2, 0.25) is 0 Å². The summed E-state index contributed by atoms with van der Waals surface area (Å²) >= 11 is 6.72. The minimum Gasteiger partial charge on any atom is -0.507 e. The maximum Gasteiger partial charge on any atom is 0.197 e. The van der Waals surface area contributed by atoms with Crippen molar-refractivity contribution in [1.29, 1.82) is 0 Å². The summed E-state index contributed by atoms with van der Waals surface area (Å²) in [5.74, 6) is -0.864. The number of rotatable bonds is 2. The SMILES string of the molecule is O=C1C(/C=C2\CCC(/C=C3\C(=O)c4cc5c(cc4C3=O)CCC=C5)=C2Cl)=C(O)c2cc3ccccc3cc21. The van der Waals surface area contributed by atoms with Crippen molar-refractivity contribution in [3.8, 4) is 0 Å². The highest BCUT2D eigenvalue weighted by Gasteiger charge is 2.35. The van der Waals surface area contributed by atoms with Gasteiger partial charge in [0, 0.05) is 27.3 Å². The topological polar surface area (TPSA) is 71.4 Å². The van der Waals surface area contributed by atoms with Crippen LogP contribution in [-0.4, -0.2) is 22.5 Å². The highest BCUT2D eigenvalue weighted by atomic mass is 35.5. The first-order valence-corrected chi connectivity index (χ1v) is 13.0. The minimum atomic E-state index is -0.282. The number of aryl methyl sites for hydroxylation is 1. The fraction of sp³-hybridized carbons (Fsp3) is 0.121. The first kappa shape index (κ1) is 22.9. The number of Topliss-reactive ketones (excluding diaryl/α,β-unsaturated/α-hetero) is 3. The summed E-state index contributed by atoms with van der Waals surface area (Å²) in [5.41, 5.74) is 5.65. The third-order valence-electron chi connectivity index (χ3n) is 7.89. The van der Waals surface area contributed by atoms with Crippen LogP contribution in [0.1, 0.15) is 67.0 Å². The van der Waals surface area contributed by atoms with Crippen LogP contribution < -0.4 is 0 Å². The van der Waals surface area contributed by atoms with Crippen molar-refractivity contribution >= 4 is 51.6 Å². The monoisotopic (exact) mass is 516 g/mol. The zero-order valence-corrected chi connectivity index (χ0v) is 21.1. The predicted molar refractivity (Wildman–Crippen MR) is 149 cm³/mol. The largest absolute Gasteiger partial charge is 0.507 e. The predicted octanol–water partition coefficient (Wildman–Crippen LogP) is 7.48. The van der Waals surface area contributed by atoms with Crippen molar-refractivity contribution in [2.24, 2.45) is 0 Å². The van der Waals surface area contributed by atoms with Gasteiger partial charge >= 0.3 is 0 Å². The number of fused-ring (bicyclic) bond motifs is 4. The van der Waals surface area contributed by atoms with Gasteiger partial charge in [0.1, 0.15) is 5.76 Å².